The molecule has 0 saturated carbocycles. The molecule has 21 heavy (non-hydrogen) atoms. The molecule has 1 aromatic rings. The Balaban J connectivity index is 2.68. The van der Waals surface area contributed by atoms with Crippen molar-refractivity contribution < 1.29 is 13.2 Å². The van der Waals surface area contributed by atoms with Crippen molar-refractivity contribution in [2.75, 3.05) is 11.9 Å². The summed E-state index contributed by atoms with van der Waals surface area (Å²) < 4.78 is 26.4. The Hall–Kier alpha value is -1.44. The number of hydrogen-bond donors (Lipinski definition) is 3. The predicted molar refractivity (Wildman–Crippen MR) is 83.7 cm³/mol. The van der Waals surface area contributed by atoms with Gasteiger partial charge in [0.25, 0.3) is 0 Å². The minimum Gasteiger partial charge on any atom is -0.325 e. The second kappa shape index (κ2) is 7.53. The molecule has 0 bridgehead atoms. The van der Waals surface area contributed by atoms with Crippen molar-refractivity contribution in [3.05, 3.63) is 24.3 Å². The van der Waals surface area contributed by atoms with Crippen LogP contribution in [0.25, 0.3) is 0 Å². The summed E-state index contributed by atoms with van der Waals surface area (Å²) in [6.45, 7) is 7.64. The maximum absolute atomic E-state index is 11.9. The van der Waals surface area contributed by atoms with Crippen molar-refractivity contribution in [1.29, 1.82) is 0 Å². The van der Waals surface area contributed by atoms with Gasteiger partial charge in [0, 0.05) is 17.8 Å². The zero-order valence-corrected chi connectivity index (χ0v) is 13.6. The normalized spacial score (nSPS) is 11.9. The Morgan fingerprint density at radius 3 is 2.10 bits per heavy atom. The van der Waals surface area contributed by atoms with E-state index in [4.69, 9.17) is 0 Å². The van der Waals surface area contributed by atoms with Crippen LogP contribution in [-0.2, 0) is 14.8 Å². The van der Waals surface area contributed by atoms with Crippen LogP contribution in [0.4, 0.5) is 5.69 Å². The van der Waals surface area contributed by atoms with Crippen LogP contribution in [0.2, 0.25) is 0 Å². The van der Waals surface area contributed by atoms with Crippen LogP contribution in [0.5, 0.6) is 0 Å². The van der Waals surface area contributed by atoms with Gasteiger partial charge in [-0.25, -0.2) is 13.1 Å². The molecule has 0 aliphatic carbocycles. The van der Waals surface area contributed by atoms with Crippen molar-refractivity contribution >= 4 is 21.6 Å². The fraction of sp³-hybridized carbons (Fsp3) is 0.500. The topological polar surface area (TPSA) is 87.3 Å². The first-order chi connectivity index (χ1) is 9.70. The van der Waals surface area contributed by atoms with Crippen molar-refractivity contribution in [2.45, 2.75) is 44.7 Å². The van der Waals surface area contributed by atoms with Gasteiger partial charge >= 0.3 is 0 Å². The minimum absolute atomic E-state index is 0.167. The molecule has 1 aromatic carbocycles. The zero-order chi connectivity index (χ0) is 16.0. The summed E-state index contributed by atoms with van der Waals surface area (Å²) in [4.78, 5) is 11.8. The molecule has 0 aromatic heterocycles. The molecule has 1 rings (SSSR count). The van der Waals surface area contributed by atoms with E-state index < -0.39 is 10.0 Å². The van der Waals surface area contributed by atoms with E-state index in [-0.39, 0.29) is 29.4 Å². The van der Waals surface area contributed by atoms with Crippen LogP contribution in [0, 0.1) is 0 Å². The smallest absolute Gasteiger partial charge is 0.240 e. The van der Waals surface area contributed by atoms with Gasteiger partial charge in [0.2, 0.25) is 15.9 Å². The molecule has 118 valence electrons. The average molecular weight is 313 g/mol. The van der Waals surface area contributed by atoms with Gasteiger partial charge in [0.15, 0.2) is 0 Å². The van der Waals surface area contributed by atoms with Crippen molar-refractivity contribution in [3.8, 4) is 0 Å². The molecule has 0 aliphatic heterocycles. The summed E-state index contributed by atoms with van der Waals surface area (Å²) in [5, 5.41) is 5.70. The fourth-order valence-electron chi connectivity index (χ4n) is 1.60. The summed E-state index contributed by atoms with van der Waals surface area (Å²) in [6, 6.07) is 6.14. The van der Waals surface area contributed by atoms with E-state index >= 15 is 0 Å². The largest absolute Gasteiger partial charge is 0.325 e. The van der Waals surface area contributed by atoms with E-state index in [1.165, 1.54) is 12.1 Å². The molecular weight excluding hydrogens is 290 g/mol. The predicted octanol–water partition coefficient (Wildman–Crippen LogP) is 1.31. The number of benzene rings is 1. The van der Waals surface area contributed by atoms with Crippen LogP contribution in [0.15, 0.2) is 29.2 Å². The maximum atomic E-state index is 11.9. The van der Waals surface area contributed by atoms with E-state index in [0.717, 1.165) is 0 Å². The lowest BCUT2D eigenvalue weighted by Gasteiger charge is -2.11. The number of nitrogens with one attached hydrogen (secondary N) is 3. The summed E-state index contributed by atoms with van der Waals surface area (Å²) in [5.74, 6) is -0.167. The molecule has 0 fully saturated rings. The average Bonchev–Trinajstić information content (AvgIpc) is 2.35. The molecule has 0 radical (unpaired) electrons. The van der Waals surface area contributed by atoms with Crippen molar-refractivity contribution in [1.82, 2.24) is 10.0 Å². The van der Waals surface area contributed by atoms with Gasteiger partial charge in [0.05, 0.1) is 11.4 Å². The first-order valence-electron chi connectivity index (χ1n) is 6.86. The highest BCUT2D eigenvalue weighted by Crippen LogP contribution is 2.14. The number of rotatable bonds is 7. The monoisotopic (exact) mass is 313 g/mol. The van der Waals surface area contributed by atoms with Crippen LogP contribution in [0.1, 0.15) is 27.7 Å². The summed E-state index contributed by atoms with van der Waals surface area (Å²) in [6.07, 6.45) is 0. The van der Waals surface area contributed by atoms with Crippen LogP contribution < -0.4 is 15.4 Å². The van der Waals surface area contributed by atoms with Gasteiger partial charge in [-0.1, -0.05) is 13.8 Å². The number of hydrogen-bond acceptors (Lipinski definition) is 4. The summed E-state index contributed by atoms with van der Waals surface area (Å²) in [5.41, 5.74) is 0.564. The number of amides is 1. The lowest BCUT2D eigenvalue weighted by Crippen LogP contribution is -2.32. The SMILES string of the molecule is CC(C)NCC(=O)Nc1ccc(S(=O)(=O)NC(C)C)cc1. The molecule has 3 N–H and O–H groups in total. The highest BCUT2D eigenvalue weighted by atomic mass is 32.2. The van der Waals surface area contributed by atoms with E-state index in [1.54, 1.807) is 26.0 Å². The molecule has 1 amide bonds. The highest BCUT2D eigenvalue weighted by molar-refractivity contribution is 7.89. The lowest BCUT2D eigenvalue weighted by molar-refractivity contribution is -0.115. The second-order valence-electron chi connectivity index (χ2n) is 5.38. The van der Waals surface area contributed by atoms with Gasteiger partial charge in [0.1, 0.15) is 0 Å². The third-order valence-electron chi connectivity index (χ3n) is 2.51. The molecule has 0 aliphatic rings. The minimum atomic E-state index is -3.50. The molecule has 0 saturated heterocycles. The molecular formula is C14H23N3O3S. The molecule has 7 heteroatoms. The Labute approximate surface area is 126 Å². The van der Waals surface area contributed by atoms with Crippen molar-refractivity contribution in [3.63, 3.8) is 0 Å². The standard InChI is InChI=1S/C14H23N3O3S/c1-10(2)15-9-14(18)16-12-5-7-13(8-6-12)21(19,20)17-11(3)4/h5-8,10-11,15,17H,9H2,1-4H3,(H,16,18). The first-order valence-corrected chi connectivity index (χ1v) is 8.34. The molecule has 0 unspecified atom stereocenters. The zero-order valence-electron chi connectivity index (χ0n) is 12.8. The van der Waals surface area contributed by atoms with Gasteiger partial charge in [-0.2, -0.15) is 0 Å². The number of carbonyl (C=O) groups is 1. The van der Waals surface area contributed by atoms with Gasteiger partial charge in [-0.05, 0) is 38.1 Å². The van der Waals surface area contributed by atoms with Gasteiger partial charge in [-0.3, -0.25) is 4.79 Å². The maximum Gasteiger partial charge on any atom is 0.240 e. The molecule has 6 nitrogen and oxygen atoms in total. The Bertz CT molecular complexity index is 566. The summed E-state index contributed by atoms with van der Waals surface area (Å²) in [7, 11) is -3.50. The van der Waals surface area contributed by atoms with Crippen LogP contribution >= 0.6 is 0 Å². The third-order valence-corrected chi connectivity index (χ3v) is 4.18. The fourth-order valence-corrected chi connectivity index (χ4v) is 2.85. The van der Waals surface area contributed by atoms with E-state index in [9.17, 15) is 13.2 Å². The number of anilines is 1. The molecule has 0 heterocycles. The van der Waals surface area contributed by atoms with E-state index in [1.807, 2.05) is 13.8 Å². The third kappa shape index (κ3) is 6.24. The quantitative estimate of drug-likeness (QED) is 0.708. The lowest BCUT2D eigenvalue weighted by atomic mass is 10.3. The van der Waals surface area contributed by atoms with Crippen molar-refractivity contribution in [2.24, 2.45) is 0 Å². The Kier molecular flexibility index (Phi) is 6.32. The molecule has 0 spiro atoms. The van der Waals surface area contributed by atoms with Gasteiger partial charge in [-0.15, -0.1) is 0 Å². The highest BCUT2D eigenvalue weighted by Gasteiger charge is 2.15. The number of carbonyl (C=O) groups excluding carboxylic acids is 1. The first kappa shape index (κ1) is 17.6. The molecule has 0 atom stereocenters. The second-order valence-corrected chi connectivity index (χ2v) is 7.10. The van der Waals surface area contributed by atoms with E-state index in [0.29, 0.717) is 5.69 Å². The van der Waals surface area contributed by atoms with E-state index in [2.05, 4.69) is 15.4 Å². The van der Waals surface area contributed by atoms with Crippen LogP contribution in [0.3, 0.4) is 0 Å². The number of sulfonamides is 1. The Morgan fingerprint density at radius 2 is 1.62 bits per heavy atom. The van der Waals surface area contributed by atoms with Crippen LogP contribution in [-0.4, -0.2) is 33.0 Å². The summed E-state index contributed by atoms with van der Waals surface area (Å²) >= 11 is 0. The Morgan fingerprint density at radius 1 is 1.05 bits per heavy atom. The van der Waals surface area contributed by atoms with Gasteiger partial charge < -0.3 is 10.6 Å².